The Bertz CT molecular complexity index is 473. The van der Waals surface area contributed by atoms with Gasteiger partial charge in [-0.1, -0.05) is 24.6 Å². The zero-order valence-electron chi connectivity index (χ0n) is 9.65. The summed E-state index contributed by atoms with van der Waals surface area (Å²) in [6.07, 6.45) is 5.85. The molecule has 0 amide bonds. The van der Waals surface area contributed by atoms with Gasteiger partial charge in [-0.25, -0.2) is 0 Å². The Kier molecular flexibility index (Phi) is 2.91. The summed E-state index contributed by atoms with van der Waals surface area (Å²) in [6, 6.07) is 8.10. The quantitative estimate of drug-likeness (QED) is 0.664. The molecule has 3 heteroatoms. The number of ether oxygens (including phenoxy) is 1. The normalized spacial score (nSPS) is 22.2. The highest BCUT2D eigenvalue weighted by Crippen LogP contribution is 2.49. The molecule has 1 saturated carbocycles. The highest BCUT2D eigenvalue weighted by atomic mass is 32.1. The summed E-state index contributed by atoms with van der Waals surface area (Å²) in [7, 11) is 0. The van der Waals surface area contributed by atoms with Crippen LogP contribution in [0.25, 0.3) is 4.91 Å². The molecule has 90 valence electrons. The van der Waals surface area contributed by atoms with E-state index in [-0.39, 0.29) is 5.60 Å². The van der Waals surface area contributed by atoms with Crippen molar-refractivity contribution in [2.75, 3.05) is 0 Å². The molecule has 1 aliphatic carbocycles. The van der Waals surface area contributed by atoms with Crippen molar-refractivity contribution in [2.24, 2.45) is 0 Å². The topological polar surface area (TPSA) is 9.23 Å². The van der Waals surface area contributed by atoms with Crippen molar-refractivity contribution in [3.05, 3.63) is 34.7 Å². The van der Waals surface area contributed by atoms with Crippen LogP contribution in [0.3, 0.4) is 0 Å². The second-order valence-electron chi connectivity index (χ2n) is 4.85. The fourth-order valence-electron chi connectivity index (χ4n) is 2.82. The molecule has 1 heterocycles. The standard InChI is InChI=1S/C14H16OS2/c16-12-10-6-2-3-7-11(10)15-14(13(12)17)8-4-1-5-9-14/h2-3,6-7,16-17H,1,4-5,8-9H2. The number of hydrogen-bond acceptors (Lipinski definition) is 3. The Labute approximate surface area is 113 Å². The number of benzene rings is 1. The van der Waals surface area contributed by atoms with Gasteiger partial charge in [0.1, 0.15) is 11.4 Å². The third-order valence-corrected chi connectivity index (χ3v) is 5.04. The van der Waals surface area contributed by atoms with Crippen molar-refractivity contribution in [1.82, 2.24) is 0 Å². The minimum absolute atomic E-state index is 0.202. The molecule has 1 fully saturated rings. The van der Waals surface area contributed by atoms with Crippen molar-refractivity contribution in [3.8, 4) is 5.75 Å². The van der Waals surface area contributed by atoms with Gasteiger partial charge in [0.2, 0.25) is 0 Å². The van der Waals surface area contributed by atoms with Gasteiger partial charge < -0.3 is 4.74 Å². The Balaban J connectivity index is 2.10. The summed E-state index contributed by atoms with van der Waals surface area (Å²) in [4.78, 5) is 2.00. The van der Waals surface area contributed by atoms with E-state index >= 15 is 0 Å². The molecule has 0 N–H and O–H groups in total. The molecule has 0 saturated heterocycles. The maximum absolute atomic E-state index is 6.26. The van der Waals surface area contributed by atoms with E-state index in [2.05, 4.69) is 25.3 Å². The lowest BCUT2D eigenvalue weighted by Gasteiger charge is -2.42. The average Bonchev–Trinajstić information content (AvgIpc) is 2.37. The minimum atomic E-state index is -0.202. The Morgan fingerprint density at radius 1 is 1.00 bits per heavy atom. The van der Waals surface area contributed by atoms with Crippen LogP contribution in [-0.2, 0) is 0 Å². The summed E-state index contributed by atoms with van der Waals surface area (Å²) >= 11 is 9.33. The number of hydrogen-bond donors (Lipinski definition) is 2. The van der Waals surface area contributed by atoms with Gasteiger partial charge in [0.05, 0.1) is 0 Å². The molecule has 1 aromatic carbocycles. The van der Waals surface area contributed by atoms with Crippen LogP contribution in [0.1, 0.15) is 37.7 Å². The summed E-state index contributed by atoms with van der Waals surface area (Å²) in [5, 5.41) is 0. The Morgan fingerprint density at radius 2 is 1.71 bits per heavy atom. The molecule has 0 atom stereocenters. The van der Waals surface area contributed by atoms with Crippen LogP contribution in [0, 0.1) is 0 Å². The van der Waals surface area contributed by atoms with E-state index in [4.69, 9.17) is 4.74 Å². The second-order valence-corrected chi connectivity index (χ2v) is 5.74. The second kappa shape index (κ2) is 4.29. The van der Waals surface area contributed by atoms with Gasteiger partial charge in [-0.05, 0) is 31.7 Å². The number of para-hydroxylation sites is 1. The van der Waals surface area contributed by atoms with E-state index in [1.165, 1.54) is 19.3 Å². The number of rotatable bonds is 0. The van der Waals surface area contributed by atoms with Crippen molar-refractivity contribution in [1.29, 1.82) is 0 Å². The van der Waals surface area contributed by atoms with Gasteiger partial charge >= 0.3 is 0 Å². The van der Waals surface area contributed by atoms with Gasteiger partial charge in [0.25, 0.3) is 0 Å². The van der Waals surface area contributed by atoms with Crippen molar-refractivity contribution in [3.63, 3.8) is 0 Å². The predicted molar refractivity (Wildman–Crippen MR) is 77.8 cm³/mol. The predicted octanol–water partition coefficient (Wildman–Crippen LogP) is 4.31. The smallest absolute Gasteiger partial charge is 0.141 e. The van der Waals surface area contributed by atoms with E-state index in [1.807, 2.05) is 24.3 Å². The third-order valence-electron chi connectivity index (χ3n) is 3.76. The molecule has 1 nitrogen and oxygen atoms in total. The summed E-state index contributed by atoms with van der Waals surface area (Å²) in [5.74, 6) is 0.956. The molecular weight excluding hydrogens is 248 g/mol. The van der Waals surface area contributed by atoms with Crippen molar-refractivity contribution < 1.29 is 4.74 Å². The zero-order chi connectivity index (χ0) is 11.9. The van der Waals surface area contributed by atoms with Crippen LogP contribution in [0.15, 0.2) is 29.2 Å². The molecular formula is C14H16OS2. The van der Waals surface area contributed by atoms with Gasteiger partial charge in [-0.15, -0.1) is 25.3 Å². The molecule has 1 spiro atoms. The molecule has 17 heavy (non-hydrogen) atoms. The molecule has 1 aromatic rings. The van der Waals surface area contributed by atoms with Crippen LogP contribution < -0.4 is 4.74 Å². The molecule has 0 aromatic heterocycles. The maximum Gasteiger partial charge on any atom is 0.141 e. The van der Waals surface area contributed by atoms with E-state index < -0.39 is 0 Å². The van der Waals surface area contributed by atoms with E-state index in [0.717, 1.165) is 34.0 Å². The monoisotopic (exact) mass is 264 g/mol. The number of fused-ring (bicyclic) bond motifs is 1. The summed E-state index contributed by atoms with van der Waals surface area (Å²) in [6.45, 7) is 0. The first-order chi connectivity index (χ1) is 8.23. The first kappa shape index (κ1) is 11.5. The van der Waals surface area contributed by atoms with Crippen LogP contribution in [0.4, 0.5) is 0 Å². The molecule has 0 radical (unpaired) electrons. The van der Waals surface area contributed by atoms with Crippen LogP contribution >= 0.6 is 25.3 Å². The molecule has 0 unspecified atom stereocenters. The van der Waals surface area contributed by atoms with Crippen LogP contribution in [0.2, 0.25) is 0 Å². The first-order valence-corrected chi connectivity index (χ1v) is 7.03. The fourth-order valence-corrected chi connectivity index (χ4v) is 3.59. The highest BCUT2D eigenvalue weighted by molar-refractivity contribution is 7.93. The van der Waals surface area contributed by atoms with Gasteiger partial charge in [-0.2, -0.15) is 0 Å². The Hall–Kier alpha value is -0.540. The van der Waals surface area contributed by atoms with E-state index in [9.17, 15) is 0 Å². The van der Waals surface area contributed by atoms with Crippen LogP contribution in [-0.4, -0.2) is 5.60 Å². The lowest BCUT2D eigenvalue weighted by molar-refractivity contribution is 0.0715. The Morgan fingerprint density at radius 3 is 2.47 bits per heavy atom. The zero-order valence-corrected chi connectivity index (χ0v) is 11.4. The SMILES string of the molecule is SC1=C(S)C2(CCCCC2)Oc2ccccc21. The van der Waals surface area contributed by atoms with E-state index in [1.54, 1.807) is 0 Å². The molecule has 2 aliphatic rings. The highest BCUT2D eigenvalue weighted by Gasteiger charge is 2.41. The average molecular weight is 264 g/mol. The van der Waals surface area contributed by atoms with Crippen molar-refractivity contribution in [2.45, 2.75) is 37.7 Å². The minimum Gasteiger partial charge on any atom is -0.481 e. The number of thiol groups is 2. The lowest BCUT2D eigenvalue weighted by atomic mass is 9.82. The van der Waals surface area contributed by atoms with Crippen LogP contribution in [0.5, 0.6) is 5.75 Å². The van der Waals surface area contributed by atoms with Gasteiger partial charge in [-0.3, -0.25) is 0 Å². The maximum atomic E-state index is 6.26. The molecule has 1 aliphatic heterocycles. The molecule has 0 bridgehead atoms. The van der Waals surface area contributed by atoms with E-state index in [0.29, 0.717) is 0 Å². The summed E-state index contributed by atoms with van der Waals surface area (Å²) < 4.78 is 6.26. The van der Waals surface area contributed by atoms with Gasteiger partial charge in [0, 0.05) is 15.4 Å². The van der Waals surface area contributed by atoms with Gasteiger partial charge in [0.15, 0.2) is 0 Å². The molecule has 3 rings (SSSR count). The lowest BCUT2D eigenvalue weighted by Crippen LogP contribution is -2.41. The largest absolute Gasteiger partial charge is 0.481 e. The fraction of sp³-hybridized carbons (Fsp3) is 0.429. The third kappa shape index (κ3) is 1.80. The van der Waals surface area contributed by atoms with Crippen molar-refractivity contribution >= 4 is 30.2 Å². The summed E-state index contributed by atoms with van der Waals surface area (Å²) in [5.41, 5.74) is 0.865. The first-order valence-electron chi connectivity index (χ1n) is 6.14.